The first-order valence-electron chi connectivity index (χ1n) is 6.78. The zero-order chi connectivity index (χ0) is 14.5. The van der Waals surface area contributed by atoms with Crippen LogP contribution >= 0.6 is 0 Å². The molecule has 0 radical (unpaired) electrons. The van der Waals surface area contributed by atoms with Crippen LogP contribution in [0.25, 0.3) is 0 Å². The van der Waals surface area contributed by atoms with Gasteiger partial charge in [-0.3, -0.25) is 4.79 Å². The molecular weight excluding hydrogens is 278 g/mol. The third-order valence-electron chi connectivity index (χ3n) is 4.38. The molecule has 2 fully saturated rings. The summed E-state index contributed by atoms with van der Waals surface area (Å²) in [6.07, 6.45) is 4.55. The van der Waals surface area contributed by atoms with Crippen molar-refractivity contribution in [2.24, 2.45) is 7.05 Å². The van der Waals surface area contributed by atoms with Gasteiger partial charge in [-0.15, -0.1) is 0 Å². The second-order valence-electron chi connectivity index (χ2n) is 5.59. The van der Waals surface area contributed by atoms with Gasteiger partial charge in [-0.25, -0.2) is 8.42 Å². The minimum Gasteiger partial charge on any atom is -0.347 e. The molecule has 0 N–H and O–H groups in total. The van der Waals surface area contributed by atoms with E-state index in [1.54, 1.807) is 14.9 Å². The molecule has 20 heavy (non-hydrogen) atoms. The highest BCUT2D eigenvalue weighted by Gasteiger charge is 2.47. The van der Waals surface area contributed by atoms with E-state index in [9.17, 15) is 13.2 Å². The van der Waals surface area contributed by atoms with Gasteiger partial charge in [0.25, 0.3) is 5.91 Å². The molecule has 1 aromatic heterocycles. The van der Waals surface area contributed by atoms with E-state index in [2.05, 4.69) is 0 Å². The Labute approximate surface area is 119 Å². The highest BCUT2D eigenvalue weighted by Crippen LogP contribution is 2.33. The smallest absolute Gasteiger partial charge is 0.270 e. The van der Waals surface area contributed by atoms with Crippen LogP contribution in [-0.4, -0.2) is 59.5 Å². The van der Waals surface area contributed by atoms with Gasteiger partial charge in [0.15, 0.2) is 0 Å². The second-order valence-corrected chi connectivity index (χ2v) is 7.52. The van der Waals surface area contributed by atoms with Gasteiger partial charge in [-0.2, -0.15) is 4.31 Å². The molecule has 0 spiro atoms. The van der Waals surface area contributed by atoms with Crippen LogP contribution in [0.3, 0.4) is 0 Å². The number of fused-ring (bicyclic) bond motifs is 1. The number of sulfonamides is 1. The van der Waals surface area contributed by atoms with E-state index in [4.69, 9.17) is 0 Å². The lowest BCUT2D eigenvalue weighted by Crippen LogP contribution is -2.41. The number of rotatable bonds is 2. The number of hydrogen-bond donors (Lipinski definition) is 0. The number of aromatic nitrogens is 1. The van der Waals surface area contributed by atoms with Crippen LogP contribution in [0.15, 0.2) is 18.3 Å². The highest BCUT2D eigenvalue weighted by atomic mass is 32.2. The third kappa shape index (κ3) is 2.05. The standard InChI is InChI=1S/C13H19N3O3S/c1-14-7-3-4-12(14)13(17)15-8-5-11-10(15)6-9-16(11)20(2,18)19/h3-4,7,10-11H,5-6,8-9H2,1-2H3/t10-,11+/m0/s1. The van der Waals surface area contributed by atoms with Gasteiger partial charge in [0.1, 0.15) is 5.69 Å². The van der Waals surface area contributed by atoms with E-state index in [-0.39, 0.29) is 18.0 Å². The van der Waals surface area contributed by atoms with Gasteiger partial charge in [-0.05, 0) is 25.0 Å². The summed E-state index contributed by atoms with van der Waals surface area (Å²) in [6.45, 7) is 1.15. The summed E-state index contributed by atoms with van der Waals surface area (Å²) in [5.41, 5.74) is 0.656. The van der Waals surface area contributed by atoms with E-state index in [0.717, 1.165) is 12.8 Å². The first-order valence-corrected chi connectivity index (χ1v) is 8.63. The molecule has 6 nitrogen and oxygen atoms in total. The monoisotopic (exact) mass is 297 g/mol. The lowest BCUT2D eigenvalue weighted by molar-refractivity contribution is 0.0725. The van der Waals surface area contributed by atoms with Gasteiger partial charge in [0.2, 0.25) is 10.0 Å². The van der Waals surface area contributed by atoms with Crippen LogP contribution in [0.5, 0.6) is 0 Å². The lowest BCUT2D eigenvalue weighted by atomic mass is 10.1. The van der Waals surface area contributed by atoms with Crippen LogP contribution in [0.4, 0.5) is 0 Å². The second kappa shape index (κ2) is 4.60. The molecule has 2 aliphatic heterocycles. The van der Waals surface area contributed by atoms with Gasteiger partial charge < -0.3 is 9.47 Å². The van der Waals surface area contributed by atoms with Crippen LogP contribution in [-0.2, 0) is 17.1 Å². The van der Waals surface area contributed by atoms with Gasteiger partial charge in [-0.1, -0.05) is 0 Å². The quantitative estimate of drug-likeness (QED) is 0.787. The summed E-state index contributed by atoms with van der Waals surface area (Å²) in [6, 6.07) is 3.62. The van der Waals surface area contributed by atoms with Crippen molar-refractivity contribution in [2.75, 3.05) is 19.3 Å². The topological polar surface area (TPSA) is 62.6 Å². The van der Waals surface area contributed by atoms with Crippen molar-refractivity contribution in [2.45, 2.75) is 24.9 Å². The van der Waals surface area contributed by atoms with Crippen molar-refractivity contribution >= 4 is 15.9 Å². The molecular formula is C13H19N3O3S. The Morgan fingerprint density at radius 3 is 2.55 bits per heavy atom. The molecule has 2 atom stereocenters. The number of nitrogens with zero attached hydrogens (tertiary/aromatic N) is 3. The third-order valence-corrected chi connectivity index (χ3v) is 5.68. The van der Waals surface area contributed by atoms with Crippen molar-refractivity contribution in [3.8, 4) is 0 Å². The summed E-state index contributed by atoms with van der Waals surface area (Å²) >= 11 is 0. The first kappa shape index (κ1) is 13.6. The van der Waals surface area contributed by atoms with Gasteiger partial charge in [0.05, 0.1) is 12.3 Å². The first-order chi connectivity index (χ1) is 9.39. The van der Waals surface area contributed by atoms with E-state index >= 15 is 0 Å². The highest BCUT2D eigenvalue weighted by molar-refractivity contribution is 7.88. The SMILES string of the molecule is Cn1cccc1C(=O)N1CC[C@@H]2[C@@H]1CCN2S(C)(=O)=O. The van der Waals surface area contributed by atoms with Crippen molar-refractivity contribution < 1.29 is 13.2 Å². The van der Waals surface area contributed by atoms with E-state index < -0.39 is 10.0 Å². The lowest BCUT2D eigenvalue weighted by Gasteiger charge is -2.24. The van der Waals surface area contributed by atoms with Crippen LogP contribution in [0, 0.1) is 0 Å². The zero-order valence-corrected chi connectivity index (χ0v) is 12.5. The van der Waals surface area contributed by atoms with Crippen molar-refractivity contribution in [3.05, 3.63) is 24.0 Å². The molecule has 0 unspecified atom stereocenters. The number of carbonyl (C=O) groups excluding carboxylic acids is 1. The molecule has 2 saturated heterocycles. The maximum absolute atomic E-state index is 12.6. The van der Waals surface area contributed by atoms with Crippen molar-refractivity contribution in [1.82, 2.24) is 13.8 Å². The molecule has 1 amide bonds. The normalized spacial score (nSPS) is 27.0. The number of aryl methyl sites for hydroxylation is 1. The van der Waals surface area contributed by atoms with E-state index in [1.807, 2.05) is 24.2 Å². The minimum atomic E-state index is -3.18. The molecule has 0 bridgehead atoms. The van der Waals surface area contributed by atoms with Gasteiger partial charge >= 0.3 is 0 Å². The largest absolute Gasteiger partial charge is 0.347 e. The Kier molecular flexibility index (Phi) is 3.13. The molecule has 0 saturated carbocycles. The fourth-order valence-electron chi connectivity index (χ4n) is 3.44. The van der Waals surface area contributed by atoms with Crippen molar-refractivity contribution in [3.63, 3.8) is 0 Å². The molecule has 110 valence electrons. The summed E-state index contributed by atoms with van der Waals surface area (Å²) in [5.74, 6) is 0.000325. The number of amides is 1. The average molecular weight is 297 g/mol. The Balaban J connectivity index is 1.83. The fourth-order valence-corrected chi connectivity index (χ4v) is 4.62. The molecule has 0 aliphatic carbocycles. The molecule has 7 heteroatoms. The van der Waals surface area contributed by atoms with Crippen LogP contribution in [0.2, 0.25) is 0 Å². The zero-order valence-electron chi connectivity index (χ0n) is 11.7. The summed E-state index contributed by atoms with van der Waals surface area (Å²) in [5, 5.41) is 0. The molecule has 2 aliphatic rings. The van der Waals surface area contributed by atoms with Gasteiger partial charge in [0, 0.05) is 32.4 Å². The Hall–Kier alpha value is -1.34. The maximum Gasteiger partial charge on any atom is 0.270 e. The fraction of sp³-hybridized carbons (Fsp3) is 0.615. The van der Waals surface area contributed by atoms with E-state index in [0.29, 0.717) is 18.8 Å². The molecule has 3 heterocycles. The average Bonchev–Trinajstić information content (AvgIpc) is 3.00. The number of likely N-dealkylation sites (tertiary alicyclic amines) is 1. The van der Waals surface area contributed by atoms with Crippen LogP contribution < -0.4 is 0 Å². The number of hydrogen-bond acceptors (Lipinski definition) is 3. The predicted molar refractivity (Wildman–Crippen MR) is 74.8 cm³/mol. The minimum absolute atomic E-state index is 0.000325. The summed E-state index contributed by atoms with van der Waals surface area (Å²) in [4.78, 5) is 14.4. The molecule has 1 aromatic rings. The molecule has 3 rings (SSSR count). The Morgan fingerprint density at radius 1 is 1.25 bits per heavy atom. The Morgan fingerprint density at radius 2 is 1.95 bits per heavy atom. The van der Waals surface area contributed by atoms with E-state index in [1.165, 1.54) is 6.26 Å². The van der Waals surface area contributed by atoms with Crippen molar-refractivity contribution in [1.29, 1.82) is 0 Å². The maximum atomic E-state index is 12.6. The Bertz CT molecular complexity index is 637. The number of carbonyl (C=O) groups is 1. The predicted octanol–water partition coefficient (Wildman–Crippen LogP) is 0.274. The molecule has 0 aromatic carbocycles. The summed E-state index contributed by atoms with van der Waals surface area (Å²) in [7, 11) is -1.33. The summed E-state index contributed by atoms with van der Waals surface area (Å²) < 4.78 is 26.9. The van der Waals surface area contributed by atoms with Crippen LogP contribution in [0.1, 0.15) is 23.3 Å².